The molecule has 0 unspecified atom stereocenters. The summed E-state index contributed by atoms with van der Waals surface area (Å²) in [7, 11) is 1.74. The number of rotatable bonds is 5. The maximum Gasteiger partial charge on any atom is 0.237 e. The van der Waals surface area contributed by atoms with E-state index in [1.165, 1.54) is 6.20 Å². The zero-order valence-electron chi connectivity index (χ0n) is 10.5. The maximum atomic E-state index is 5.95. The molecule has 2 aromatic rings. The van der Waals surface area contributed by atoms with Gasteiger partial charge in [-0.15, -0.1) is 0 Å². The third-order valence-corrected chi connectivity index (χ3v) is 2.62. The van der Waals surface area contributed by atoms with Gasteiger partial charge in [0.2, 0.25) is 11.8 Å². The van der Waals surface area contributed by atoms with Crippen LogP contribution in [0.3, 0.4) is 0 Å². The summed E-state index contributed by atoms with van der Waals surface area (Å²) in [5, 5.41) is 3.23. The highest BCUT2D eigenvalue weighted by Crippen LogP contribution is 2.21. The van der Waals surface area contributed by atoms with Gasteiger partial charge in [0.15, 0.2) is 0 Å². The zero-order chi connectivity index (χ0) is 13.5. The number of hydrogen-bond acceptors (Lipinski definition) is 4. The highest BCUT2D eigenvalue weighted by atomic mass is 35.5. The van der Waals surface area contributed by atoms with Crippen molar-refractivity contribution in [1.29, 1.82) is 0 Å². The molecule has 0 aliphatic carbocycles. The topological polar surface area (TPSA) is 47.0 Å². The van der Waals surface area contributed by atoms with Crippen LogP contribution in [0.1, 0.15) is 5.56 Å². The summed E-state index contributed by atoms with van der Waals surface area (Å²) >= 11 is 5.95. The first-order valence-electron chi connectivity index (χ1n) is 5.84. The summed E-state index contributed by atoms with van der Waals surface area (Å²) in [5.74, 6) is 0.852. The molecule has 0 atom stereocenters. The minimum Gasteiger partial charge on any atom is -0.472 e. The number of hydrogen-bond donors (Lipinski definition) is 1. The molecule has 2 rings (SSSR count). The summed E-state index contributed by atoms with van der Waals surface area (Å²) in [6.07, 6.45) is 5.40. The Kier molecular flexibility index (Phi) is 4.75. The number of aromatic nitrogens is 2. The van der Waals surface area contributed by atoms with Crippen LogP contribution < -0.4 is 10.1 Å². The predicted octanol–water partition coefficient (Wildman–Crippen LogP) is 3.26. The van der Waals surface area contributed by atoms with Crippen molar-refractivity contribution in [2.45, 2.75) is 0 Å². The van der Waals surface area contributed by atoms with Crippen molar-refractivity contribution >= 4 is 23.6 Å². The van der Waals surface area contributed by atoms with E-state index in [9.17, 15) is 0 Å². The van der Waals surface area contributed by atoms with Gasteiger partial charge in [-0.2, -0.15) is 4.98 Å². The van der Waals surface area contributed by atoms with E-state index in [1.54, 1.807) is 7.05 Å². The lowest BCUT2D eigenvalue weighted by molar-refractivity contribution is 0.349. The van der Waals surface area contributed by atoms with Crippen molar-refractivity contribution in [2.24, 2.45) is 0 Å². The van der Waals surface area contributed by atoms with E-state index in [-0.39, 0.29) is 0 Å². The molecular weight excluding hydrogens is 262 g/mol. The second-order valence-electron chi connectivity index (χ2n) is 3.72. The minimum absolute atomic E-state index is 0.374. The van der Waals surface area contributed by atoms with Gasteiger partial charge in [0, 0.05) is 7.05 Å². The molecule has 4 nitrogen and oxygen atoms in total. The van der Waals surface area contributed by atoms with Crippen LogP contribution >= 0.6 is 11.6 Å². The third kappa shape index (κ3) is 3.96. The fourth-order valence-electron chi connectivity index (χ4n) is 1.45. The van der Waals surface area contributed by atoms with Crippen molar-refractivity contribution in [1.82, 2.24) is 9.97 Å². The van der Waals surface area contributed by atoms with E-state index in [1.807, 2.05) is 42.5 Å². The Morgan fingerprint density at radius 2 is 2.11 bits per heavy atom. The molecular formula is C14H14ClN3O. The first-order chi connectivity index (χ1) is 9.29. The molecule has 0 saturated carbocycles. The third-order valence-electron chi connectivity index (χ3n) is 2.36. The zero-order valence-corrected chi connectivity index (χ0v) is 11.3. The van der Waals surface area contributed by atoms with E-state index >= 15 is 0 Å². The molecule has 1 aromatic heterocycles. The molecule has 0 aliphatic rings. The SMILES string of the molecule is CNc1ncc(Cl)c(OC/C=C/c2ccccc2)n1. The first kappa shape index (κ1) is 13.4. The molecule has 0 saturated heterocycles. The molecule has 1 heterocycles. The highest BCUT2D eigenvalue weighted by molar-refractivity contribution is 6.31. The summed E-state index contributed by atoms with van der Waals surface area (Å²) in [6, 6.07) is 10.00. The van der Waals surface area contributed by atoms with Crippen LogP contribution in [-0.4, -0.2) is 23.6 Å². The molecule has 0 aliphatic heterocycles. The van der Waals surface area contributed by atoms with Crippen LogP contribution in [0.2, 0.25) is 5.02 Å². The van der Waals surface area contributed by atoms with Gasteiger partial charge in [-0.1, -0.05) is 48.0 Å². The molecule has 1 aromatic carbocycles. The van der Waals surface area contributed by atoms with Crippen molar-refractivity contribution < 1.29 is 4.74 Å². The first-order valence-corrected chi connectivity index (χ1v) is 6.22. The van der Waals surface area contributed by atoms with Gasteiger partial charge >= 0.3 is 0 Å². The van der Waals surface area contributed by atoms with Crippen molar-refractivity contribution in [3.05, 3.63) is 53.2 Å². The Bertz CT molecular complexity index is 558. The van der Waals surface area contributed by atoms with E-state index in [0.29, 0.717) is 23.5 Å². The number of nitrogens with one attached hydrogen (secondary N) is 1. The molecule has 0 bridgehead atoms. The second-order valence-corrected chi connectivity index (χ2v) is 4.13. The number of nitrogens with zero attached hydrogens (tertiary/aromatic N) is 2. The summed E-state index contributed by atoms with van der Waals surface area (Å²) in [4.78, 5) is 8.11. The largest absolute Gasteiger partial charge is 0.472 e. The molecule has 0 spiro atoms. The molecule has 98 valence electrons. The van der Waals surface area contributed by atoms with Gasteiger partial charge in [0.1, 0.15) is 11.6 Å². The Morgan fingerprint density at radius 3 is 2.84 bits per heavy atom. The van der Waals surface area contributed by atoms with Gasteiger partial charge in [0.25, 0.3) is 0 Å². The molecule has 5 heteroatoms. The normalized spacial score (nSPS) is 10.6. The van der Waals surface area contributed by atoms with Crippen LogP contribution in [0.4, 0.5) is 5.95 Å². The molecule has 19 heavy (non-hydrogen) atoms. The monoisotopic (exact) mass is 275 g/mol. The van der Waals surface area contributed by atoms with Crippen LogP contribution in [-0.2, 0) is 0 Å². The van der Waals surface area contributed by atoms with Crippen molar-refractivity contribution in [3.8, 4) is 5.88 Å². The van der Waals surface area contributed by atoms with Gasteiger partial charge < -0.3 is 10.1 Å². The van der Waals surface area contributed by atoms with Crippen LogP contribution in [0, 0.1) is 0 Å². The number of benzene rings is 1. The Hall–Kier alpha value is -2.07. The van der Waals surface area contributed by atoms with E-state index in [2.05, 4.69) is 15.3 Å². The number of anilines is 1. The number of ether oxygens (including phenoxy) is 1. The van der Waals surface area contributed by atoms with Crippen molar-refractivity contribution in [2.75, 3.05) is 19.0 Å². The second kappa shape index (κ2) is 6.75. The fourth-order valence-corrected chi connectivity index (χ4v) is 1.59. The van der Waals surface area contributed by atoms with Gasteiger partial charge in [-0.05, 0) is 11.6 Å². The summed E-state index contributed by atoms with van der Waals surface area (Å²) < 4.78 is 5.49. The molecule has 0 amide bonds. The maximum absolute atomic E-state index is 5.95. The Morgan fingerprint density at radius 1 is 1.32 bits per heavy atom. The Labute approximate surface area is 117 Å². The molecule has 1 N–H and O–H groups in total. The number of halogens is 1. The average Bonchev–Trinajstić information content (AvgIpc) is 2.46. The molecule has 0 fully saturated rings. The van der Waals surface area contributed by atoms with Crippen molar-refractivity contribution in [3.63, 3.8) is 0 Å². The lowest BCUT2D eigenvalue weighted by Gasteiger charge is -2.05. The lowest BCUT2D eigenvalue weighted by Crippen LogP contribution is -2.01. The van der Waals surface area contributed by atoms with Crippen LogP contribution in [0.25, 0.3) is 6.08 Å². The quantitative estimate of drug-likeness (QED) is 0.910. The lowest BCUT2D eigenvalue weighted by atomic mass is 10.2. The van der Waals surface area contributed by atoms with Crippen LogP contribution in [0.15, 0.2) is 42.6 Å². The van der Waals surface area contributed by atoms with Gasteiger partial charge in [-0.25, -0.2) is 4.98 Å². The van der Waals surface area contributed by atoms with E-state index in [0.717, 1.165) is 5.56 Å². The van der Waals surface area contributed by atoms with Gasteiger partial charge in [0.05, 0.1) is 6.20 Å². The smallest absolute Gasteiger partial charge is 0.237 e. The Balaban J connectivity index is 1.94. The van der Waals surface area contributed by atoms with E-state index in [4.69, 9.17) is 16.3 Å². The van der Waals surface area contributed by atoms with Gasteiger partial charge in [-0.3, -0.25) is 0 Å². The standard InChI is InChI=1S/C14H14ClN3O/c1-16-14-17-10-12(15)13(18-14)19-9-5-8-11-6-3-2-4-7-11/h2-8,10H,9H2,1H3,(H,16,17,18)/b8-5+. The average molecular weight is 276 g/mol. The summed E-state index contributed by atoms with van der Waals surface area (Å²) in [6.45, 7) is 0.398. The van der Waals surface area contributed by atoms with Crippen LogP contribution in [0.5, 0.6) is 5.88 Å². The predicted molar refractivity (Wildman–Crippen MR) is 77.6 cm³/mol. The molecule has 0 radical (unpaired) electrons. The minimum atomic E-state index is 0.374. The summed E-state index contributed by atoms with van der Waals surface area (Å²) in [5.41, 5.74) is 1.12. The fraction of sp³-hybridized carbons (Fsp3) is 0.143. The van der Waals surface area contributed by atoms with E-state index < -0.39 is 0 Å². The highest BCUT2D eigenvalue weighted by Gasteiger charge is 2.04.